The average molecular weight is 948 g/mol. The number of phosphoric acid groups is 3. The Balaban J connectivity index is 1.39. The van der Waals surface area contributed by atoms with E-state index in [0.717, 1.165) is 48.2 Å². The Bertz CT molecular complexity index is 1940. The van der Waals surface area contributed by atoms with Crippen LogP contribution in [0.2, 0.25) is 0 Å². The molecule has 2 aromatic heterocycles. The number of hydrogen-bond donors (Lipinski definition) is 9. The van der Waals surface area contributed by atoms with Gasteiger partial charge in [0.05, 0.1) is 19.5 Å². The molecule has 3 heterocycles. The Hall–Kier alpha value is -2.70. The topological polar surface area (TPSA) is 364 Å². The number of fused-ring (bicyclic) bond motifs is 1. The summed E-state index contributed by atoms with van der Waals surface area (Å²) in [6.45, 7) is 2.71. The second-order valence-corrected chi connectivity index (χ2v) is 19.9. The van der Waals surface area contributed by atoms with Crippen molar-refractivity contribution >= 4 is 69.1 Å². The fraction of sp³-hybridized carbons (Fsp3) is 0.697. The van der Waals surface area contributed by atoms with Crippen LogP contribution in [0.15, 0.2) is 24.8 Å². The third-order valence-electron chi connectivity index (χ3n) is 8.91. The molecule has 1 aliphatic rings. The normalized spacial score (nSPS) is 21.0. The summed E-state index contributed by atoms with van der Waals surface area (Å²) in [5, 5.41) is 26.5. The van der Waals surface area contributed by atoms with Gasteiger partial charge in [-0.2, -0.15) is 4.31 Å². The van der Waals surface area contributed by atoms with Crippen molar-refractivity contribution in [3.05, 3.63) is 24.8 Å². The number of nitrogens with one attached hydrogen (secondary N) is 2. The number of allylic oxidation sites excluding steroid dienone is 2. The Morgan fingerprint density at radius 3 is 2.36 bits per heavy atom. The van der Waals surface area contributed by atoms with Crippen LogP contribution in [0.5, 0.6) is 0 Å². The number of phosphoric ester groups is 3. The fourth-order valence-electron chi connectivity index (χ4n) is 5.66. The number of imidazole rings is 1. The molecule has 1 saturated heterocycles. The number of nitrogen functional groups attached to an aromatic ring is 1. The minimum Gasteiger partial charge on any atom is -0.386 e. The van der Waals surface area contributed by atoms with Crippen LogP contribution in [0.1, 0.15) is 84.8 Å². The summed E-state index contributed by atoms with van der Waals surface area (Å²) >= 11 is 1.12. The largest absolute Gasteiger partial charge is 0.481 e. The van der Waals surface area contributed by atoms with Gasteiger partial charge in [-0.25, -0.2) is 28.6 Å². The molecule has 2 amide bonds. The lowest BCUT2D eigenvalue weighted by atomic mass is 9.87. The molecule has 0 aliphatic carbocycles. The summed E-state index contributed by atoms with van der Waals surface area (Å²) in [6, 6.07) is 0. The molecule has 3 rings (SSSR count). The number of hydrogen-bond acceptors (Lipinski definition) is 18. The van der Waals surface area contributed by atoms with Crippen LogP contribution in [-0.4, -0.2) is 123 Å². The molecule has 0 spiro atoms. The molecule has 7 unspecified atom stereocenters. The number of ether oxygens (including phenoxy) is 1. The lowest BCUT2D eigenvalue weighted by Gasteiger charge is -2.30. The number of aliphatic hydroxyl groups excluding tert-OH is 2. The van der Waals surface area contributed by atoms with Crippen LogP contribution in [0.25, 0.3) is 11.2 Å². The van der Waals surface area contributed by atoms with Crippen molar-refractivity contribution in [2.24, 2.45) is 5.41 Å². The summed E-state index contributed by atoms with van der Waals surface area (Å²) in [4.78, 5) is 88.0. The van der Waals surface area contributed by atoms with Crippen LogP contribution < -0.4 is 16.4 Å². The zero-order valence-corrected chi connectivity index (χ0v) is 37.4. The molecular formula is C33H56N7O17P3S. The predicted octanol–water partition coefficient (Wildman–Crippen LogP) is 2.36. The molecule has 10 N–H and O–H groups in total. The summed E-state index contributed by atoms with van der Waals surface area (Å²) < 4.78 is 62.3. The van der Waals surface area contributed by atoms with Gasteiger partial charge in [-0.1, -0.05) is 63.9 Å². The number of carbonyl (C=O) groups excluding carboxylic acids is 3. The molecular weight excluding hydrogens is 891 g/mol. The number of aliphatic hydroxyl groups is 2. The van der Waals surface area contributed by atoms with Gasteiger partial charge in [0, 0.05) is 37.1 Å². The molecule has 28 heteroatoms. The van der Waals surface area contributed by atoms with Crippen LogP contribution in [0.3, 0.4) is 0 Å². The minimum absolute atomic E-state index is 0.0301. The maximum Gasteiger partial charge on any atom is 0.481 e. The van der Waals surface area contributed by atoms with E-state index < -0.39 is 84.6 Å². The molecule has 24 nitrogen and oxygen atoms in total. The number of rotatable bonds is 28. The summed E-state index contributed by atoms with van der Waals surface area (Å²) in [5.74, 6) is -1.06. The van der Waals surface area contributed by atoms with E-state index in [9.17, 15) is 57.9 Å². The van der Waals surface area contributed by atoms with Crippen LogP contribution in [0, 0.1) is 5.41 Å². The van der Waals surface area contributed by atoms with E-state index in [1.54, 1.807) is 0 Å². The third kappa shape index (κ3) is 18.1. The van der Waals surface area contributed by atoms with E-state index >= 15 is 0 Å². The molecule has 61 heavy (non-hydrogen) atoms. The van der Waals surface area contributed by atoms with Gasteiger partial charge in [-0.15, -0.1) is 0 Å². The molecule has 0 radical (unpaired) electrons. The number of anilines is 1. The van der Waals surface area contributed by atoms with Crippen LogP contribution in [-0.2, 0) is 50.7 Å². The maximum absolute atomic E-state index is 12.7. The van der Waals surface area contributed by atoms with Gasteiger partial charge in [-0.3, -0.25) is 32.5 Å². The van der Waals surface area contributed by atoms with E-state index in [-0.39, 0.29) is 41.6 Å². The van der Waals surface area contributed by atoms with Crippen LogP contribution >= 0.6 is 35.2 Å². The van der Waals surface area contributed by atoms with Gasteiger partial charge in [0.15, 0.2) is 22.8 Å². The van der Waals surface area contributed by atoms with Gasteiger partial charge in [-0.05, 0) is 25.7 Å². The SMILES string of the molecule is CCCCCC/C=C/CCCC(=O)SCCNC(=O)CCNC(=O)C(O)C(C)(C)COP(=O)(O)OP(=O)(O)OCC1OC(n2cnc3c(N)ncnc32)C(O)C1OP(=O)(O)O. The lowest BCUT2D eigenvalue weighted by molar-refractivity contribution is -0.137. The number of nitrogens with two attached hydrogens (primary N) is 1. The molecule has 1 fully saturated rings. The van der Waals surface area contributed by atoms with Crippen molar-refractivity contribution < 1.29 is 80.5 Å². The number of thioether (sulfide) groups is 1. The molecule has 7 atom stereocenters. The second kappa shape index (κ2) is 24.4. The zero-order valence-electron chi connectivity index (χ0n) is 33.9. The Labute approximate surface area is 356 Å². The fourth-order valence-corrected chi connectivity index (χ4v) is 9.21. The van der Waals surface area contributed by atoms with Crippen molar-refractivity contribution in [1.29, 1.82) is 0 Å². The van der Waals surface area contributed by atoms with E-state index in [0.29, 0.717) is 12.2 Å². The standard InChI is InChI=1S/C33H56N7O17P3S/c1-4-5-6-7-8-9-10-11-12-13-24(42)61-17-16-35-23(41)14-15-36-31(45)28(44)33(2,3)19-54-60(51,52)57-59(49,50)53-18-22-27(56-58(46,47)48)26(43)32(55-22)40-21-39-25-29(34)37-20-38-30(25)40/h9-10,20-22,26-28,32,43-44H,4-8,11-19H2,1-3H3,(H,35,41)(H,36,45)(H,49,50)(H,51,52)(H2,34,37,38)(H2,46,47,48)/b10-9+. The quantitative estimate of drug-likeness (QED) is 0.0336. The van der Waals surface area contributed by atoms with Crippen molar-refractivity contribution in [2.45, 2.75) is 109 Å². The van der Waals surface area contributed by atoms with Crippen molar-refractivity contribution in [3.8, 4) is 0 Å². The molecule has 346 valence electrons. The number of aromatic nitrogens is 4. The number of carbonyl (C=O) groups is 3. The van der Waals surface area contributed by atoms with Crippen molar-refractivity contribution in [2.75, 3.05) is 37.8 Å². The first-order valence-electron chi connectivity index (χ1n) is 19.3. The van der Waals surface area contributed by atoms with Gasteiger partial charge >= 0.3 is 23.5 Å². The first-order chi connectivity index (χ1) is 28.6. The Kier molecular flexibility index (Phi) is 21.0. The third-order valence-corrected chi connectivity index (χ3v) is 12.9. The van der Waals surface area contributed by atoms with E-state index in [2.05, 4.69) is 53.5 Å². The summed E-state index contributed by atoms with van der Waals surface area (Å²) in [6.07, 6.45) is 5.26. The van der Waals surface area contributed by atoms with Gasteiger partial charge in [0.1, 0.15) is 36.3 Å². The highest BCUT2D eigenvalue weighted by Gasteiger charge is 2.50. The molecule has 2 aromatic rings. The summed E-state index contributed by atoms with van der Waals surface area (Å²) in [7, 11) is -16.4. The monoisotopic (exact) mass is 947 g/mol. The van der Waals surface area contributed by atoms with E-state index in [4.69, 9.17) is 19.5 Å². The maximum atomic E-state index is 12.7. The van der Waals surface area contributed by atoms with Gasteiger partial charge in [0.25, 0.3) is 0 Å². The smallest absolute Gasteiger partial charge is 0.386 e. The zero-order chi connectivity index (χ0) is 45.4. The predicted molar refractivity (Wildman–Crippen MR) is 219 cm³/mol. The second-order valence-electron chi connectivity index (χ2n) is 14.5. The molecule has 0 bridgehead atoms. The molecule has 1 aliphatic heterocycles. The van der Waals surface area contributed by atoms with Crippen molar-refractivity contribution in [3.63, 3.8) is 0 Å². The number of unbranched alkanes of at least 4 members (excludes halogenated alkanes) is 5. The number of nitrogens with zero attached hydrogens (tertiary/aromatic N) is 4. The Morgan fingerprint density at radius 1 is 0.984 bits per heavy atom. The van der Waals surface area contributed by atoms with Crippen LogP contribution in [0.4, 0.5) is 5.82 Å². The minimum atomic E-state index is -5.57. The highest BCUT2D eigenvalue weighted by atomic mass is 32.2. The lowest BCUT2D eigenvalue weighted by Crippen LogP contribution is -2.46. The highest BCUT2D eigenvalue weighted by Crippen LogP contribution is 2.61. The summed E-state index contributed by atoms with van der Waals surface area (Å²) in [5.41, 5.74) is 4.27. The van der Waals surface area contributed by atoms with Crippen molar-refractivity contribution in [1.82, 2.24) is 30.2 Å². The first-order valence-corrected chi connectivity index (χ1v) is 24.8. The Morgan fingerprint density at radius 2 is 1.67 bits per heavy atom. The van der Waals surface area contributed by atoms with E-state index in [1.165, 1.54) is 39.5 Å². The molecule has 0 aromatic carbocycles. The first kappa shape index (κ1) is 52.6. The average Bonchev–Trinajstić information content (AvgIpc) is 3.73. The van der Waals surface area contributed by atoms with Gasteiger partial charge < -0.3 is 50.9 Å². The van der Waals surface area contributed by atoms with E-state index in [1.807, 2.05) is 0 Å². The highest BCUT2D eigenvalue weighted by molar-refractivity contribution is 8.13. The van der Waals surface area contributed by atoms with Gasteiger partial charge in [0.2, 0.25) is 11.8 Å². The molecule has 0 saturated carbocycles. The number of amides is 2.